The fraction of sp³-hybridized carbons (Fsp3) is 0.714. The molecule has 74 valence electrons. The van der Waals surface area contributed by atoms with Crippen LogP contribution < -0.4 is 5.73 Å². The van der Waals surface area contributed by atoms with Crippen LogP contribution >= 0.6 is 0 Å². The molecule has 0 aromatic carbocycles. The topological polar surface area (TPSA) is 75.9 Å². The third-order valence-corrected chi connectivity index (χ3v) is 1.75. The summed E-state index contributed by atoms with van der Waals surface area (Å²) in [5.41, 5.74) is 5.38. The molecule has 6 nitrogen and oxygen atoms in total. The number of hydrogen-bond acceptors (Lipinski definition) is 4. The summed E-state index contributed by atoms with van der Waals surface area (Å²) in [7, 11) is 3.23. The zero-order valence-corrected chi connectivity index (χ0v) is 7.69. The van der Waals surface area contributed by atoms with Crippen molar-refractivity contribution in [3.05, 3.63) is 0 Å². The van der Waals surface area contributed by atoms with Crippen molar-refractivity contribution in [1.29, 1.82) is 0 Å². The third-order valence-electron chi connectivity index (χ3n) is 1.75. The van der Waals surface area contributed by atoms with Crippen molar-refractivity contribution in [3.63, 3.8) is 0 Å². The SMILES string of the molecule is CN(C)C(=O)CN1OC[C@H](N)C1=O. The van der Waals surface area contributed by atoms with Crippen LogP contribution in [-0.4, -0.2) is 55.1 Å². The molecule has 0 aromatic heterocycles. The molecule has 13 heavy (non-hydrogen) atoms. The van der Waals surface area contributed by atoms with Gasteiger partial charge in [0.05, 0.1) is 6.61 Å². The molecular formula is C7H13N3O3. The summed E-state index contributed by atoms with van der Waals surface area (Å²) in [6, 6.07) is -0.630. The lowest BCUT2D eigenvalue weighted by molar-refractivity contribution is -0.168. The summed E-state index contributed by atoms with van der Waals surface area (Å²) in [6.07, 6.45) is 0. The number of nitrogens with two attached hydrogens (primary N) is 1. The maximum atomic E-state index is 11.2. The summed E-state index contributed by atoms with van der Waals surface area (Å²) in [6.45, 7) is 0.0824. The lowest BCUT2D eigenvalue weighted by Crippen LogP contribution is -2.40. The van der Waals surface area contributed by atoms with Gasteiger partial charge in [0.25, 0.3) is 5.91 Å². The number of amides is 2. The van der Waals surface area contributed by atoms with E-state index < -0.39 is 6.04 Å². The first kappa shape index (κ1) is 9.94. The second-order valence-electron chi connectivity index (χ2n) is 3.07. The second-order valence-corrected chi connectivity index (χ2v) is 3.07. The average molecular weight is 187 g/mol. The Balaban J connectivity index is 2.47. The molecule has 1 rings (SSSR count). The Morgan fingerprint density at radius 1 is 1.77 bits per heavy atom. The Labute approximate surface area is 76.2 Å². The van der Waals surface area contributed by atoms with Crippen LogP contribution in [0.5, 0.6) is 0 Å². The minimum absolute atomic E-state index is 0.0699. The number of hydroxylamine groups is 2. The molecule has 1 aliphatic heterocycles. The van der Waals surface area contributed by atoms with Crippen LogP contribution in [0.2, 0.25) is 0 Å². The minimum atomic E-state index is -0.630. The summed E-state index contributed by atoms with van der Waals surface area (Å²) in [5, 5.41) is 1.01. The Hall–Kier alpha value is -1.14. The highest BCUT2D eigenvalue weighted by Crippen LogP contribution is 2.05. The molecular weight excluding hydrogens is 174 g/mol. The van der Waals surface area contributed by atoms with Gasteiger partial charge in [0.2, 0.25) is 5.91 Å². The standard InChI is InChI=1S/C7H13N3O3/c1-9(2)6(11)3-10-7(12)5(8)4-13-10/h5H,3-4,8H2,1-2H3/t5-/m0/s1. The van der Waals surface area contributed by atoms with Gasteiger partial charge < -0.3 is 10.6 Å². The molecule has 1 heterocycles. The van der Waals surface area contributed by atoms with E-state index >= 15 is 0 Å². The van der Waals surface area contributed by atoms with E-state index in [2.05, 4.69) is 0 Å². The van der Waals surface area contributed by atoms with E-state index in [1.54, 1.807) is 14.1 Å². The Morgan fingerprint density at radius 2 is 2.38 bits per heavy atom. The van der Waals surface area contributed by atoms with E-state index in [4.69, 9.17) is 10.6 Å². The summed E-state index contributed by atoms with van der Waals surface area (Å²) >= 11 is 0. The van der Waals surface area contributed by atoms with E-state index in [1.165, 1.54) is 4.90 Å². The highest BCUT2D eigenvalue weighted by Gasteiger charge is 2.31. The quantitative estimate of drug-likeness (QED) is 0.552. The first-order chi connectivity index (χ1) is 6.02. The highest BCUT2D eigenvalue weighted by molar-refractivity contribution is 5.87. The zero-order valence-electron chi connectivity index (χ0n) is 7.69. The molecule has 6 heteroatoms. The van der Waals surface area contributed by atoms with E-state index in [9.17, 15) is 9.59 Å². The van der Waals surface area contributed by atoms with Gasteiger partial charge in [-0.1, -0.05) is 0 Å². The molecule has 0 radical (unpaired) electrons. The van der Waals surface area contributed by atoms with Crippen LogP contribution in [0.1, 0.15) is 0 Å². The van der Waals surface area contributed by atoms with Gasteiger partial charge in [-0.05, 0) is 0 Å². The van der Waals surface area contributed by atoms with Crippen molar-refractivity contribution in [2.24, 2.45) is 5.73 Å². The predicted molar refractivity (Wildman–Crippen MR) is 44.3 cm³/mol. The van der Waals surface area contributed by atoms with Crippen molar-refractivity contribution >= 4 is 11.8 Å². The van der Waals surface area contributed by atoms with Crippen molar-refractivity contribution in [1.82, 2.24) is 9.96 Å². The van der Waals surface area contributed by atoms with Gasteiger partial charge in [0.1, 0.15) is 12.6 Å². The zero-order chi connectivity index (χ0) is 10.0. The molecule has 1 aliphatic rings. The molecule has 1 atom stereocenters. The third kappa shape index (κ3) is 2.16. The second kappa shape index (κ2) is 3.71. The lowest BCUT2D eigenvalue weighted by Gasteiger charge is -2.16. The smallest absolute Gasteiger partial charge is 0.265 e. The molecule has 2 amide bonds. The molecule has 0 saturated carbocycles. The van der Waals surface area contributed by atoms with Crippen LogP contribution in [0.3, 0.4) is 0 Å². The van der Waals surface area contributed by atoms with Crippen molar-refractivity contribution < 1.29 is 14.4 Å². The minimum Gasteiger partial charge on any atom is -0.347 e. The van der Waals surface area contributed by atoms with Crippen LogP contribution in [0.4, 0.5) is 0 Å². The number of nitrogens with zero attached hydrogens (tertiary/aromatic N) is 2. The van der Waals surface area contributed by atoms with Gasteiger partial charge in [-0.3, -0.25) is 14.4 Å². The van der Waals surface area contributed by atoms with Crippen molar-refractivity contribution in [2.75, 3.05) is 27.2 Å². The average Bonchev–Trinajstić information content (AvgIpc) is 2.36. The number of likely N-dealkylation sites (N-methyl/N-ethyl adjacent to an activating group) is 1. The van der Waals surface area contributed by atoms with Gasteiger partial charge >= 0.3 is 0 Å². The van der Waals surface area contributed by atoms with Crippen LogP contribution in [-0.2, 0) is 14.4 Å². The molecule has 0 bridgehead atoms. The summed E-state index contributed by atoms with van der Waals surface area (Å²) < 4.78 is 0. The lowest BCUT2D eigenvalue weighted by atomic mass is 10.3. The number of rotatable bonds is 2. The fourth-order valence-electron chi connectivity index (χ4n) is 0.878. The first-order valence-electron chi connectivity index (χ1n) is 3.92. The largest absolute Gasteiger partial charge is 0.347 e. The fourth-order valence-corrected chi connectivity index (χ4v) is 0.878. The van der Waals surface area contributed by atoms with E-state index in [0.717, 1.165) is 5.06 Å². The van der Waals surface area contributed by atoms with Crippen molar-refractivity contribution in [3.8, 4) is 0 Å². The Bertz CT molecular complexity index is 229. The monoisotopic (exact) mass is 187 g/mol. The van der Waals surface area contributed by atoms with Crippen molar-refractivity contribution in [2.45, 2.75) is 6.04 Å². The molecule has 0 unspecified atom stereocenters. The normalized spacial score (nSPS) is 22.2. The van der Waals surface area contributed by atoms with Gasteiger partial charge in [-0.2, -0.15) is 0 Å². The predicted octanol–water partition coefficient (Wildman–Crippen LogP) is -1.82. The molecule has 0 spiro atoms. The highest BCUT2D eigenvalue weighted by atomic mass is 16.7. The van der Waals surface area contributed by atoms with Crippen LogP contribution in [0.15, 0.2) is 0 Å². The number of carbonyl (C=O) groups excluding carboxylic acids is 2. The Morgan fingerprint density at radius 3 is 2.77 bits per heavy atom. The van der Waals surface area contributed by atoms with Crippen LogP contribution in [0, 0.1) is 0 Å². The van der Waals surface area contributed by atoms with E-state index in [1.807, 2.05) is 0 Å². The number of hydrogen-bond donors (Lipinski definition) is 1. The van der Waals surface area contributed by atoms with Gasteiger partial charge in [-0.25, -0.2) is 5.06 Å². The molecule has 0 aliphatic carbocycles. The first-order valence-corrected chi connectivity index (χ1v) is 3.92. The number of carbonyl (C=O) groups is 2. The summed E-state index contributed by atoms with van der Waals surface area (Å²) in [4.78, 5) is 28.6. The molecule has 1 fully saturated rings. The summed E-state index contributed by atoms with van der Waals surface area (Å²) in [5.74, 6) is -0.530. The van der Waals surface area contributed by atoms with Crippen LogP contribution in [0.25, 0.3) is 0 Å². The van der Waals surface area contributed by atoms with Gasteiger partial charge in [0.15, 0.2) is 0 Å². The maximum Gasteiger partial charge on any atom is 0.265 e. The maximum absolute atomic E-state index is 11.2. The molecule has 0 aromatic rings. The molecule has 1 saturated heterocycles. The van der Waals surface area contributed by atoms with Gasteiger partial charge in [0, 0.05) is 14.1 Å². The Kier molecular flexibility index (Phi) is 2.84. The van der Waals surface area contributed by atoms with Gasteiger partial charge in [-0.15, -0.1) is 0 Å². The van der Waals surface area contributed by atoms with E-state index in [0.29, 0.717) is 0 Å². The molecule has 2 N–H and O–H groups in total. The van der Waals surface area contributed by atoms with E-state index in [-0.39, 0.29) is 25.0 Å².